The van der Waals surface area contributed by atoms with Gasteiger partial charge >= 0.3 is 0 Å². The maximum absolute atomic E-state index is 5.73. The number of anilines is 2. The molecule has 0 radical (unpaired) electrons. The zero-order valence-electron chi connectivity index (χ0n) is 26.1. The lowest BCUT2D eigenvalue weighted by Gasteiger charge is -2.37. The van der Waals surface area contributed by atoms with E-state index in [1.165, 1.54) is 5.56 Å². The van der Waals surface area contributed by atoms with Crippen LogP contribution in [0.5, 0.6) is 11.5 Å². The third kappa shape index (κ3) is 6.57. The van der Waals surface area contributed by atoms with Crippen LogP contribution >= 0.6 is 0 Å². The van der Waals surface area contributed by atoms with Gasteiger partial charge in [-0.15, -0.1) is 0 Å². The molecule has 0 aliphatic carbocycles. The molecule has 0 spiro atoms. The standard InChI is InChI=1S/C34H42N6O4/c1-23-21-43-17-15-39(23)33-29-10-11-30(36-32(29)37-34(38-33)40-16-18-44-22-24(40)2)26-7-12-31(42-4)27(19-26)20-35-14-13-25-5-8-28(41-3)9-6-25/h5-12,19,23-24,35H,13-18,20-22H2,1-4H3/t23?,24-/m0/s1. The fourth-order valence-corrected chi connectivity index (χ4v) is 5.88. The summed E-state index contributed by atoms with van der Waals surface area (Å²) in [7, 11) is 3.40. The molecule has 0 amide bonds. The molecule has 232 valence electrons. The van der Waals surface area contributed by atoms with Crippen LogP contribution in [0.15, 0.2) is 54.6 Å². The average Bonchev–Trinajstić information content (AvgIpc) is 3.06. The number of pyridine rings is 1. The number of hydrogen-bond acceptors (Lipinski definition) is 10. The van der Waals surface area contributed by atoms with Gasteiger partial charge < -0.3 is 34.1 Å². The fourth-order valence-electron chi connectivity index (χ4n) is 5.88. The molecule has 2 saturated heterocycles. The number of nitrogens with zero attached hydrogens (tertiary/aromatic N) is 5. The Morgan fingerprint density at radius 2 is 1.59 bits per heavy atom. The minimum Gasteiger partial charge on any atom is -0.497 e. The summed E-state index contributed by atoms with van der Waals surface area (Å²) in [5.74, 6) is 3.33. The number of benzene rings is 2. The molecule has 4 aromatic rings. The van der Waals surface area contributed by atoms with Crippen molar-refractivity contribution in [2.75, 3.05) is 70.1 Å². The third-order valence-electron chi connectivity index (χ3n) is 8.43. The maximum Gasteiger partial charge on any atom is 0.229 e. The summed E-state index contributed by atoms with van der Waals surface area (Å²) >= 11 is 0. The van der Waals surface area contributed by atoms with Crippen LogP contribution < -0.4 is 24.6 Å². The van der Waals surface area contributed by atoms with Crippen molar-refractivity contribution < 1.29 is 18.9 Å². The SMILES string of the molecule is COc1ccc(CCNCc2cc(-c3ccc4c(N5CCOCC5C)nc(N5CCOC[C@@H]5C)nc4n3)ccc2OC)cc1. The first-order valence-electron chi connectivity index (χ1n) is 15.4. The summed E-state index contributed by atoms with van der Waals surface area (Å²) in [5.41, 5.74) is 4.91. The van der Waals surface area contributed by atoms with E-state index in [1.807, 2.05) is 18.2 Å². The number of aromatic nitrogens is 3. The van der Waals surface area contributed by atoms with Crippen LogP contribution in [0.2, 0.25) is 0 Å². The van der Waals surface area contributed by atoms with Crippen molar-refractivity contribution in [3.63, 3.8) is 0 Å². The Morgan fingerprint density at radius 3 is 2.30 bits per heavy atom. The fraction of sp³-hybridized carbons (Fsp3) is 0.441. The summed E-state index contributed by atoms with van der Waals surface area (Å²) in [4.78, 5) is 19.8. The van der Waals surface area contributed by atoms with Gasteiger partial charge in [-0.3, -0.25) is 0 Å². The number of hydrogen-bond donors (Lipinski definition) is 1. The summed E-state index contributed by atoms with van der Waals surface area (Å²) in [6, 6.07) is 19.0. The third-order valence-corrected chi connectivity index (χ3v) is 8.43. The van der Waals surface area contributed by atoms with Crippen LogP contribution in [0.25, 0.3) is 22.3 Å². The second kappa shape index (κ2) is 13.8. The molecule has 2 aromatic heterocycles. The minimum atomic E-state index is 0.181. The van der Waals surface area contributed by atoms with E-state index >= 15 is 0 Å². The average molecular weight is 599 g/mol. The van der Waals surface area contributed by atoms with Crippen LogP contribution in [-0.4, -0.2) is 87.3 Å². The number of morpholine rings is 2. The number of nitrogens with one attached hydrogen (secondary N) is 1. The highest BCUT2D eigenvalue weighted by molar-refractivity contribution is 5.90. The first-order valence-corrected chi connectivity index (χ1v) is 15.4. The number of rotatable bonds is 10. The molecule has 4 heterocycles. The van der Waals surface area contributed by atoms with E-state index in [4.69, 9.17) is 33.9 Å². The Labute approximate surface area is 259 Å². The molecule has 2 fully saturated rings. The monoisotopic (exact) mass is 598 g/mol. The van der Waals surface area contributed by atoms with E-state index < -0.39 is 0 Å². The summed E-state index contributed by atoms with van der Waals surface area (Å²) < 4.78 is 22.4. The quantitative estimate of drug-likeness (QED) is 0.263. The van der Waals surface area contributed by atoms with Gasteiger partial charge in [-0.2, -0.15) is 9.97 Å². The van der Waals surface area contributed by atoms with E-state index in [0.29, 0.717) is 44.6 Å². The molecule has 2 aromatic carbocycles. The van der Waals surface area contributed by atoms with Gasteiger partial charge in [0.05, 0.1) is 63.8 Å². The number of ether oxygens (including phenoxy) is 4. The lowest BCUT2D eigenvalue weighted by Crippen LogP contribution is -2.46. The van der Waals surface area contributed by atoms with E-state index in [1.54, 1.807) is 14.2 Å². The Hall–Kier alpha value is -3.99. The Balaban J connectivity index is 1.28. The first kappa shape index (κ1) is 30.1. The van der Waals surface area contributed by atoms with Gasteiger partial charge in [-0.25, -0.2) is 4.98 Å². The maximum atomic E-state index is 5.73. The minimum absolute atomic E-state index is 0.181. The van der Waals surface area contributed by atoms with Crippen LogP contribution in [0, 0.1) is 0 Å². The summed E-state index contributed by atoms with van der Waals surface area (Å²) in [6.07, 6.45) is 0.923. The Bertz CT molecular complexity index is 1570. The molecule has 0 bridgehead atoms. The molecular weight excluding hydrogens is 556 g/mol. The van der Waals surface area contributed by atoms with Crippen molar-refractivity contribution in [2.45, 2.75) is 38.9 Å². The molecule has 6 rings (SSSR count). The zero-order chi connectivity index (χ0) is 30.5. The van der Waals surface area contributed by atoms with Gasteiger partial charge in [0.2, 0.25) is 5.95 Å². The highest BCUT2D eigenvalue weighted by Gasteiger charge is 2.27. The van der Waals surface area contributed by atoms with Crippen molar-refractivity contribution in [2.24, 2.45) is 0 Å². The van der Waals surface area contributed by atoms with Gasteiger partial charge in [0.25, 0.3) is 0 Å². The van der Waals surface area contributed by atoms with Gasteiger partial charge in [0, 0.05) is 30.8 Å². The van der Waals surface area contributed by atoms with Crippen molar-refractivity contribution in [3.05, 3.63) is 65.7 Å². The van der Waals surface area contributed by atoms with Gasteiger partial charge in [0.1, 0.15) is 17.3 Å². The van der Waals surface area contributed by atoms with E-state index in [0.717, 1.165) is 65.6 Å². The predicted octanol–water partition coefficient (Wildman–Crippen LogP) is 4.49. The molecule has 44 heavy (non-hydrogen) atoms. The predicted molar refractivity (Wildman–Crippen MR) is 173 cm³/mol. The lowest BCUT2D eigenvalue weighted by atomic mass is 10.1. The number of fused-ring (bicyclic) bond motifs is 1. The van der Waals surface area contributed by atoms with Crippen LogP contribution in [0.3, 0.4) is 0 Å². The van der Waals surface area contributed by atoms with Gasteiger partial charge in [0.15, 0.2) is 5.65 Å². The lowest BCUT2D eigenvalue weighted by molar-refractivity contribution is 0.0973. The number of methoxy groups -OCH3 is 2. The smallest absolute Gasteiger partial charge is 0.229 e. The van der Waals surface area contributed by atoms with Crippen molar-refractivity contribution in [1.29, 1.82) is 0 Å². The van der Waals surface area contributed by atoms with E-state index in [9.17, 15) is 0 Å². The van der Waals surface area contributed by atoms with Crippen molar-refractivity contribution >= 4 is 22.8 Å². The molecule has 2 aliphatic heterocycles. The molecule has 10 nitrogen and oxygen atoms in total. The van der Waals surface area contributed by atoms with E-state index in [2.05, 4.69) is 65.4 Å². The molecule has 1 unspecified atom stereocenters. The van der Waals surface area contributed by atoms with Gasteiger partial charge in [-0.1, -0.05) is 12.1 Å². The van der Waals surface area contributed by atoms with E-state index in [-0.39, 0.29) is 12.1 Å². The molecule has 2 atom stereocenters. The normalized spacial score (nSPS) is 18.9. The van der Waals surface area contributed by atoms with Crippen LogP contribution in [0.1, 0.15) is 25.0 Å². The molecular formula is C34H42N6O4. The zero-order valence-corrected chi connectivity index (χ0v) is 26.1. The second-order valence-electron chi connectivity index (χ2n) is 11.5. The van der Waals surface area contributed by atoms with Crippen molar-refractivity contribution in [1.82, 2.24) is 20.3 Å². The molecule has 1 N–H and O–H groups in total. The van der Waals surface area contributed by atoms with Crippen LogP contribution in [-0.2, 0) is 22.4 Å². The first-order chi connectivity index (χ1) is 21.5. The summed E-state index contributed by atoms with van der Waals surface area (Å²) in [6.45, 7) is 10.0. The largest absolute Gasteiger partial charge is 0.497 e. The van der Waals surface area contributed by atoms with Gasteiger partial charge in [-0.05, 0) is 74.8 Å². The highest BCUT2D eigenvalue weighted by Crippen LogP contribution is 2.32. The molecule has 10 heteroatoms. The van der Waals surface area contributed by atoms with Crippen molar-refractivity contribution in [3.8, 4) is 22.8 Å². The summed E-state index contributed by atoms with van der Waals surface area (Å²) in [5, 5.41) is 4.52. The molecule has 0 saturated carbocycles. The topological polar surface area (TPSA) is 94.1 Å². The highest BCUT2D eigenvalue weighted by atomic mass is 16.5. The Kier molecular flexibility index (Phi) is 9.40. The van der Waals surface area contributed by atoms with Crippen LogP contribution in [0.4, 0.5) is 11.8 Å². The second-order valence-corrected chi connectivity index (χ2v) is 11.5. The molecule has 2 aliphatic rings. The Morgan fingerprint density at radius 1 is 0.841 bits per heavy atom.